The number of carbonyl (C=O) groups is 1. The Hall–Kier alpha value is -4.18. The van der Waals surface area contributed by atoms with Crippen LogP contribution in [0, 0.1) is 5.41 Å². The highest BCUT2D eigenvalue weighted by Crippen LogP contribution is 2.29. The summed E-state index contributed by atoms with van der Waals surface area (Å²) in [5, 5.41) is 16.3. The van der Waals surface area contributed by atoms with Gasteiger partial charge in [0.05, 0.1) is 4.90 Å². The summed E-state index contributed by atoms with van der Waals surface area (Å²) < 4.78 is 29.9. The van der Waals surface area contributed by atoms with Crippen molar-refractivity contribution >= 4 is 39.1 Å². The van der Waals surface area contributed by atoms with E-state index in [9.17, 15) is 13.2 Å². The van der Waals surface area contributed by atoms with Crippen LogP contribution in [0.4, 0.5) is 5.69 Å². The maximum Gasteiger partial charge on any atom is 0.270 e. The molecule has 4 aromatic carbocycles. The Bertz CT molecular complexity index is 1560. The number of nitrogen functional groups attached to an aromatic ring is 1. The maximum atomic E-state index is 13.3. The van der Waals surface area contributed by atoms with Crippen molar-refractivity contribution in [1.29, 1.82) is 5.41 Å². The second kappa shape index (κ2) is 10.8. The van der Waals surface area contributed by atoms with Gasteiger partial charge in [-0.05, 0) is 48.0 Å². The van der Waals surface area contributed by atoms with Gasteiger partial charge in [-0.25, -0.2) is 13.6 Å². The molecule has 0 aromatic heterocycles. The van der Waals surface area contributed by atoms with Crippen LogP contribution < -0.4 is 20.9 Å². The van der Waals surface area contributed by atoms with E-state index in [4.69, 9.17) is 32.6 Å². The van der Waals surface area contributed by atoms with Gasteiger partial charge in [0.25, 0.3) is 5.91 Å². The molecule has 0 radical (unpaired) electrons. The summed E-state index contributed by atoms with van der Waals surface area (Å²) in [6, 6.07) is 26.4. The van der Waals surface area contributed by atoms with Gasteiger partial charge >= 0.3 is 0 Å². The minimum atomic E-state index is -3.91. The summed E-state index contributed by atoms with van der Waals surface area (Å²) in [4.78, 5) is 13.3. The van der Waals surface area contributed by atoms with Crippen molar-refractivity contribution < 1.29 is 17.9 Å². The average molecular weight is 535 g/mol. The van der Waals surface area contributed by atoms with Crippen molar-refractivity contribution in [3.05, 3.63) is 113 Å². The standard InChI is InChI=1S/C27H23ClN4O4S/c28-20-12-8-18(9-13-20)25(36-22-5-3-4-19(16-22)26(29)30)27(33)32-21-14-10-17(11-15-21)23-6-1-2-7-24(23)37(31,34)35/h1-16,25H,(H3,29,30)(H,32,33)(H2,31,34,35). The highest BCUT2D eigenvalue weighted by atomic mass is 35.5. The molecule has 8 nitrogen and oxygen atoms in total. The summed E-state index contributed by atoms with van der Waals surface area (Å²) in [5.41, 5.74) is 8.16. The molecule has 0 spiro atoms. The van der Waals surface area contributed by atoms with Crippen molar-refractivity contribution in [2.24, 2.45) is 10.9 Å². The number of ether oxygens (including phenoxy) is 1. The van der Waals surface area contributed by atoms with Gasteiger partial charge in [-0.3, -0.25) is 10.2 Å². The molecule has 4 rings (SSSR count). The first-order valence-corrected chi connectivity index (χ1v) is 12.9. The molecule has 0 heterocycles. The lowest BCUT2D eigenvalue weighted by molar-refractivity contribution is -0.123. The molecule has 1 amide bonds. The molecule has 4 aromatic rings. The number of amides is 1. The molecule has 0 aliphatic rings. The highest BCUT2D eigenvalue weighted by Gasteiger charge is 2.24. The van der Waals surface area contributed by atoms with Crippen molar-refractivity contribution in [3.63, 3.8) is 0 Å². The molecule has 188 valence electrons. The Labute approximate surface area is 219 Å². The van der Waals surface area contributed by atoms with Gasteiger partial charge in [0, 0.05) is 27.4 Å². The topological polar surface area (TPSA) is 148 Å². The number of benzene rings is 4. The lowest BCUT2D eigenvalue weighted by atomic mass is 10.0. The second-order valence-electron chi connectivity index (χ2n) is 8.10. The maximum absolute atomic E-state index is 13.3. The third-order valence-corrected chi connectivity index (χ3v) is 6.69. The number of primary sulfonamides is 1. The van der Waals surface area contributed by atoms with Gasteiger partial charge in [-0.2, -0.15) is 0 Å². The number of nitrogens with two attached hydrogens (primary N) is 2. The van der Waals surface area contributed by atoms with Crippen molar-refractivity contribution in [1.82, 2.24) is 0 Å². The van der Waals surface area contributed by atoms with Crippen LogP contribution in [-0.4, -0.2) is 20.2 Å². The first-order valence-electron chi connectivity index (χ1n) is 11.0. The number of nitrogens with one attached hydrogen (secondary N) is 2. The predicted octanol–water partition coefficient (Wildman–Crippen LogP) is 4.70. The third-order valence-electron chi connectivity index (χ3n) is 5.47. The lowest BCUT2D eigenvalue weighted by Crippen LogP contribution is -2.25. The van der Waals surface area contributed by atoms with Gasteiger partial charge in [-0.1, -0.05) is 66.2 Å². The van der Waals surface area contributed by atoms with E-state index in [2.05, 4.69) is 5.32 Å². The largest absolute Gasteiger partial charge is 0.476 e. The molecule has 0 saturated carbocycles. The molecule has 6 N–H and O–H groups in total. The molecule has 0 saturated heterocycles. The Morgan fingerprint density at radius 2 is 1.59 bits per heavy atom. The van der Waals surface area contributed by atoms with Crippen LogP contribution in [0.5, 0.6) is 5.75 Å². The fourth-order valence-corrected chi connectivity index (χ4v) is 4.56. The minimum Gasteiger partial charge on any atom is -0.476 e. The summed E-state index contributed by atoms with van der Waals surface area (Å²) >= 11 is 6.02. The quantitative estimate of drug-likeness (QED) is 0.191. The van der Waals surface area contributed by atoms with Gasteiger partial charge in [0.2, 0.25) is 16.1 Å². The van der Waals surface area contributed by atoms with Crippen LogP contribution in [0.25, 0.3) is 11.1 Å². The van der Waals surface area contributed by atoms with E-state index in [1.807, 2.05) is 0 Å². The zero-order valence-electron chi connectivity index (χ0n) is 19.4. The van der Waals surface area contributed by atoms with E-state index in [0.717, 1.165) is 0 Å². The van der Waals surface area contributed by atoms with Crippen molar-refractivity contribution in [2.45, 2.75) is 11.0 Å². The smallest absolute Gasteiger partial charge is 0.270 e. The molecule has 1 unspecified atom stereocenters. The molecule has 0 aliphatic heterocycles. The molecule has 0 aliphatic carbocycles. The Balaban J connectivity index is 1.60. The van der Waals surface area contributed by atoms with Gasteiger partial charge < -0.3 is 15.8 Å². The highest BCUT2D eigenvalue weighted by molar-refractivity contribution is 7.89. The van der Waals surface area contributed by atoms with E-state index in [-0.39, 0.29) is 10.7 Å². The number of rotatable bonds is 8. The van der Waals surface area contributed by atoms with Gasteiger partial charge in [-0.15, -0.1) is 0 Å². The van der Waals surface area contributed by atoms with Crippen molar-refractivity contribution in [3.8, 4) is 16.9 Å². The van der Waals surface area contributed by atoms with Crippen LogP contribution >= 0.6 is 11.6 Å². The first kappa shape index (κ1) is 25.9. The van der Waals surface area contributed by atoms with Gasteiger partial charge in [0.1, 0.15) is 11.6 Å². The number of hydrogen-bond acceptors (Lipinski definition) is 5. The predicted molar refractivity (Wildman–Crippen MR) is 144 cm³/mol. The molecular weight excluding hydrogens is 512 g/mol. The number of halogens is 1. The minimum absolute atomic E-state index is 0.00998. The van der Waals surface area contributed by atoms with Gasteiger partial charge in [0.15, 0.2) is 0 Å². The molecule has 10 heteroatoms. The van der Waals surface area contributed by atoms with E-state index in [0.29, 0.717) is 38.7 Å². The number of amidine groups is 1. The lowest BCUT2D eigenvalue weighted by Gasteiger charge is -2.20. The average Bonchev–Trinajstić information content (AvgIpc) is 2.88. The molecule has 0 fully saturated rings. The number of anilines is 1. The number of sulfonamides is 1. The van der Waals surface area contributed by atoms with E-state index in [1.54, 1.807) is 91.0 Å². The fourth-order valence-electron chi connectivity index (χ4n) is 3.68. The summed E-state index contributed by atoms with van der Waals surface area (Å²) in [7, 11) is -3.91. The Kier molecular flexibility index (Phi) is 7.58. The second-order valence-corrected chi connectivity index (χ2v) is 10.1. The van der Waals surface area contributed by atoms with Crippen molar-refractivity contribution in [2.75, 3.05) is 5.32 Å². The zero-order chi connectivity index (χ0) is 26.6. The van der Waals surface area contributed by atoms with Crippen LogP contribution in [0.15, 0.2) is 102 Å². The summed E-state index contributed by atoms with van der Waals surface area (Å²) in [6.07, 6.45) is -1.04. The SMILES string of the molecule is N=C(N)c1cccc(OC(C(=O)Nc2ccc(-c3ccccc3S(N)(=O)=O)cc2)c2ccc(Cl)cc2)c1. The molecule has 37 heavy (non-hydrogen) atoms. The molecular formula is C27H23ClN4O4S. The normalized spacial score (nSPS) is 11.9. The Morgan fingerprint density at radius 1 is 0.919 bits per heavy atom. The van der Waals surface area contributed by atoms with Crippen LogP contribution in [0.2, 0.25) is 5.02 Å². The van der Waals surface area contributed by atoms with Crippen LogP contribution in [0.1, 0.15) is 17.2 Å². The van der Waals surface area contributed by atoms with Crippen LogP contribution in [-0.2, 0) is 14.8 Å². The number of carbonyl (C=O) groups excluding carboxylic acids is 1. The Morgan fingerprint density at radius 3 is 2.24 bits per heavy atom. The fraction of sp³-hybridized carbons (Fsp3) is 0.0370. The monoisotopic (exact) mass is 534 g/mol. The zero-order valence-corrected chi connectivity index (χ0v) is 21.0. The molecule has 1 atom stereocenters. The summed E-state index contributed by atoms with van der Waals surface area (Å²) in [5.74, 6) is -0.215. The van der Waals surface area contributed by atoms with E-state index < -0.39 is 22.0 Å². The van der Waals surface area contributed by atoms with E-state index in [1.165, 1.54) is 6.07 Å². The third kappa shape index (κ3) is 6.34. The van der Waals surface area contributed by atoms with Crippen LogP contribution in [0.3, 0.4) is 0 Å². The first-order chi connectivity index (χ1) is 17.6. The molecule has 0 bridgehead atoms. The summed E-state index contributed by atoms with van der Waals surface area (Å²) in [6.45, 7) is 0. The number of hydrogen-bond donors (Lipinski definition) is 4. The van der Waals surface area contributed by atoms with E-state index >= 15 is 0 Å².